The smallest absolute Gasteiger partial charge is 0.144 e. The molecule has 0 spiro atoms. The number of hydrogen-bond donors (Lipinski definition) is 1. The molecule has 1 N–H and O–H groups in total. The summed E-state index contributed by atoms with van der Waals surface area (Å²) >= 11 is 6.17. The first-order valence-corrected chi connectivity index (χ1v) is 7.30. The second-order valence-corrected chi connectivity index (χ2v) is 5.40. The van der Waals surface area contributed by atoms with E-state index in [1.165, 1.54) is 6.42 Å². The van der Waals surface area contributed by atoms with E-state index in [1.54, 1.807) is 26.6 Å². The van der Waals surface area contributed by atoms with Crippen LogP contribution >= 0.6 is 11.6 Å². The third kappa shape index (κ3) is 2.59. The highest BCUT2D eigenvalue weighted by molar-refractivity contribution is 6.32. The van der Waals surface area contributed by atoms with Crippen molar-refractivity contribution in [3.05, 3.63) is 35.4 Å². The summed E-state index contributed by atoms with van der Waals surface area (Å²) in [6.07, 6.45) is 5.97. The van der Waals surface area contributed by atoms with Gasteiger partial charge in [0.25, 0.3) is 0 Å². The Morgan fingerprint density at radius 1 is 1.29 bits per heavy atom. The van der Waals surface area contributed by atoms with Gasteiger partial charge in [-0.05, 0) is 19.4 Å². The van der Waals surface area contributed by atoms with Crippen molar-refractivity contribution in [2.75, 3.05) is 20.8 Å². The second-order valence-electron chi connectivity index (χ2n) is 5.00. The largest absolute Gasteiger partial charge is 0.495 e. The molecule has 5 nitrogen and oxygen atoms in total. The van der Waals surface area contributed by atoms with E-state index in [2.05, 4.69) is 10.3 Å². The fraction of sp³-hybridized carbons (Fsp3) is 0.400. The quantitative estimate of drug-likeness (QED) is 0.943. The molecule has 1 atom stereocenters. The fourth-order valence-corrected chi connectivity index (χ4v) is 2.96. The van der Waals surface area contributed by atoms with E-state index in [0.29, 0.717) is 22.6 Å². The van der Waals surface area contributed by atoms with Crippen LogP contribution in [0.25, 0.3) is 5.69 Å². The molecule has 1 saturated heterocycles. The first-order valence-electron chi connectivity index (χ1n) is 6.92. The zero-order valence-electron chi connectivity index (χ0n) is 12.1. The molecule has 1 aliphatic rings. The van der Waals surface area contributed by atoms with E-state index in [9.17, 15) is 0 Å². The lowest BCUT2D eigenvalue weighted by atomic mass is 10.1. The van der Waals surface area contributed by atoms with Gasteiger partial charge in [0.05, 0.1) is 43.1 Å². The molecule has 3 rings (SSSR count). The van der Waals surface area contributed by atoms with E-state index in [4.69, 9.17) is 21.1 Å². The van der Waals surface area contributed by atoms with Gasteiger partial charge in [-0.3, -0.25) is 4.57 Å². The molecular weight excluding hydrogens is 290 g/mol. The Labute approximate surface area is 128 Å². The highest BCUT2D eigenvalue weighted by atomic mass is 35.5. The molecule has 0 radical (unpaired) electrons. The Morgan fingerprint density at radius 3 is 2.76 bits per heavy atom. The van der Waals surface area contributed by atoms with Crippen LogP contribution in [0.15, 0.2) is 24.7 Å². The maximum Gasteiger partial charge on any atom is 0.144 e. The van der Waals surface area contributed by atoms with Crippen LogP contribution in [0.4, 0.5) is 0 Å². The number of aromatic nitrogens is 2. The Hall–Kier alpha value is -1.72. The van der Waals surface area contributed by atoms with Crippen LogP contribution in [-0.4, -0.2) is 30.3 Å². The lowest BCUT2D eigenvalue weighted by Crippen LogP contribution is -2.16. The molecule has 0 aliphatic carbocycles. The van der Waals surface area contributed by atoms with Gasteiger partial charge >= 0.3 is 0 Å². The number of imidazole rings is 1. The average Bonchev–Trinajstić information content (AvgIpc) is 3.17. The highest BCUT2D eigenvalue weighted by Gasteiger charge is 2.22. The number of rotatable bonds is 4. The lowest BCUT2D eigenvalue weighted by molar-refractivity contribution is 0.401. The molecule has 2 aromatic rings. The van der Waals surface area contributed by atoms with Gasteiger partial charge in [-0.15, -0.1) is 0 Å². The Morgan fingerprint density at radius 2 is 2.10 bits per heavy atom. The van der Waals surface area contributed by atoms with Crippen molar-refractivity contribution in [1.82, 2.24) is 14.9 Å². The van der Waals surface area contributed by atoms with Gasteiger partial charge in [-0.2, -0.15) is 0 Å². The van der Waals surface area contributed by atoms with E-state index in [1.807, 2.05) is 16.8 Å². The van der Waals surface area contributed by atoms with Gasteiger partial charge in [-0.1, -0.05) is 11.6 Å². The normalized spacial score (nSPS) is 18.0. The van der Waals surface area contributed by atoms with Crippen LogP contribution < -0.4 is 14.8 Å². The van der Waals surface area contributed by atoms with Crippen molar-refractivity contribution in [3.63, 3.8) is 0 Å². The fourth-order valence-electron chi connectivity index (χ4n) is 2.73. The standard InChI is InChI=1S/C15H18ClN3O2/c1-20-14-7-12(15(21-2)6-10(14)16)19-9-17-8-13(19)11-4-3-5-18-11/h6-9,11,18H,3-5H2,1-2H3. The van der Waals surface area contributed by atoms with Crippen LogP contribution in [0.2, 0.25) is 5.02 Å². The summed E-state index contributed by atoms with van der Waals surface area (Å²) < 4.78 is 12.8. The predicted molar refractivity (Wildman–Crippen MR) is 81.7 cm³/mol. The van der Waals surface area contributed by atoms with E-state index >= 15 is 0 Å². The maximum absolute atomic E-state index is 6.17. The highest BCUT2D eigenvalue weighted by Crippen LogP contribution is 2.36. The number of methoxy groups -OCH3 is 2. The maximum atomic E-state index is 6.17. The summed E-state index contributed by atoms with van der Waals surface area (Å²) in [7, 11) is 3.23. The Kier molecular flexibility index (Phi) is 4.03. The minimum atomic E-state index is 0.318. The van der Waals surface area contributed by atoms with Crippen molar-refractivity contribution >= 4 is 11.6 Å². The molecule has 1 aromatic carbocycles. The summed E-state index contributed by atoms with van der Waals surface area (Å²) in [5, 5.41) is 4.01. The zero-order chi connectivity index (χ0) is 14.8. The molecular formula is C15H18ClN3O2. The molecule has 1 aliphatic heterocycles. The van der Waals surface area contributed by atoms with Crippen LogP contribution in [0.3, 0.4) is 0 Å². The number of benzene rings is 1. The average molecular weight is 308 g/mol. The Bertz CT molecular complexity index is 636. The van der Waals surface area contributed by atoms with Gasteiger partial charge < -0.3 is 14.8 Å². The molecule has 2 heterocycles. The van der Waals surface area contributed by atoms with Gasteiger partial charge in [0.2, 0.25) is 0 Å². The van der Waals surface area contributed by atoms with E-state index < -0.39 is 0 Å². The minimum Gasteiger partial charge on any atom is -0.495 e. The molecule has 1 aromatic heterocycles. The number of halogens is 1. The Balaban J connectivity index is 2.09. The van der Waals surface area contributed by atoms with E-state index in [-0.39, 0.29) is 0 Å². The summed E-state index contributed by atoms with van der Waals surface area (Å²) in [6, 6.07) is 3.96. The SMILES string of the molecule is COc1cc(-n2cncc2C2CCCN2)c(OC)cc1Cl. The molecule has 0 amide bonds. The summed E-state index contributed by atoms with van der Waals surface area (Å²) in [4.78, 5) is 4.29. The van der Waals surface area contributed by atoms with Crippen molar-refractivity contribution in [2.24, 2.45) is 0 Å². The van der Waals surface area contributed by atoms with Crippen LogP contribution in [-0.2, 0) is 0 Å². The van der Waals surface area contributed by atoms with Gasteiger partial charge in [0, 0.05) is 18.2 Å². The monoisotopic (exact) mass is 307 g/mol. The minimum absolute atomic E-state index is 0.318. The summed E-state index contributed by atoms with van der Waals surface area (Å²) in [5.41, 5.74) is 2.00. The lowest BCUT2D eigenvalue weighted by Gasteiger charge is -2.17. The third-order valence-corrected chi connectivity index (χ3v) is 4.09. The van der Waals surface area contributed by atoms with Crippen molar-refractivity contribution in [2.45, 2.75) is 18.9 Å². The number of nitrogens with one attached hydrogen (secondary N) is 1. The van der Waals surface area contributed by atoms with Crippen molar-refractivity contribution in [1.29, 1.82) is 0 Å². The third-order valence-electron chi connectivity index (χ3n) is 3.80. The van der Waals surface area contributed by atoms with Crippen molar-refractivity contribution < 1.29 is 9.47 Å². The number of nitrogens with zero attached hydrogens (tertiary/aromatic N) is 2. The molecule has 1 unspecified atom stereocenters. The first-order chi connectivity index (χ1) is 10.2. The molecule has 1 fully saturated rings. The molecule has 112 valence electrons. The van der Waals surface area contributed by atoms with Crippen molar-refractivity contribution in [3.8, 4) is 17.2 Å². The van der Waals surface area contributed by atoms with Gasteiger partial charge in [-0.25, -0.2) is 4.98 Å². The molecule has 21 heavy (non-hydrogen) atoms. The van der Waals surface area contributed by atoms with Crippen LogP contribution in [0, 0.1) is 0 Å². The predicted octanol–water partition coefficient (Wildman–Crippen LogP) is 2.97. The summed E-state index contributed by atoms with van der Waals surface area (Å²) in [6.45, 7) is 1.04. The first kappa shape index (κ1) is 14.2. The zero-order valence-corrected chi connectivity index (χ0v) is 12.9. The van der Waals surface area contributed by atoms with Gasteiger partial charge in [0.1, 0.15) is 11.5 Å². The number of hydrogen-bond acceptors (Lipinski definition) is 4. The molecule has 0 bridgehead atoms. The summed E-state index contributed by atoms with van der Waals surface area (Å²) in [5.74, 6) is 1.31. The topological polar surface area (TPSA) is 48.3 Å². The van der Waals surface area contributed by atoms with Gasteiger partial charge in [0.15, 0.2) is 0 Å². The number of ether oxygens (including phenoxy) is 2. The van der Waals surface area contributed by atoms with Crippen LogP contribution in [0.1, 0.15) is 24.6 Å². The molecule has 6 heteroatoms. The van der Waals surface area contributed by atoms with Crippen LogP contribution in [0.5, 0.6) is 11.5 Å². The molecule has 0 saturated carbocycles. The van der Waals surface area contributed by atoms with E-state index in [0.717, 1.165) is 24.3 Å². The second kappa shape index (κ2) is 5.95.